The second-order valence-corrected chi connectivity index (χ2v) is 5.40. The molecule has 0 bridgehead atoms. The smallest absolute Gasteiger partial charge is 0.315 e. The molecular formula is C12H23N3O4. The van der Waals surface area contributed by atoms with E-state index in [1.54, 1.807) is 0 Å². The van der Waals surface area contributed by atoms with E-state index in [0.29, 0.717) is 6.54 Å². The monoisotopic (exact) mass is 273 g/mol. The van der Waals surface area contributed by atoms with Crippen LogP contribution in [-0.4, -0.2) is 42.1 Å². The summed E-state index contributed by atoms with van der Waals surface area (Å²) in [6, 6.07) is -0.905. The molecule has 7 nitrogen and oxygen atoms in total. The van der Waals surface area contributed by atoms with Crippen LogP contribution in [0.15, 0.2) is 0 Å². The summed E-state index contributed by atoms with van der Waals surface area (Å²) >= 11 is 0. The lowest BCUT2D eigenvalue weighted by Gasteiger charge is -2.30. The average molecular weight is 273 g/mol. The van der Waals surface area contributed by atoms with Crippen molar-refractivity contribution in [3.05, 3.63) is 0 Å². The van der Waals surface area contributed by atoms with E-state index in [1.807, 2.05) is 20.8 Å². The molecule has 110 valence electrons. The first-order valence-corrected chi connectivity index (χ1v) is 6.13. The molecule has 0 heterocycles. The van der Waals surface area contributed by atoms with Crippen LogP contribution in [0, 0.1) is 5.41 Å². The van der Waals surface area contributed by atoms with Crippen molar-refractivity contribution in [2.75, 3.05) is 13.1 Å². The summed E-state index contributed by atoms with van der Waals surface area (Å²) in [7, 11) is 0. The van der Waals surface area contributed by atoms with Crippen LogP contribution >= 0.6 is 0 Å². The van der Waals surface area contributed by atoms with Gasteiger partial charge in [0.25, 0.3) is 0 Å². The van der Waals surface area contributed by atoms with Crippen molar-refractivity contribution < 1.29 is 19.5 Å². The average Bonchev–Trinajstić information content (AvgIpc) is 2.21. The van der Waals surface area contributed by atoms with Gasteiger partial charge in [-0.2, -0.15) is 0 Å². The van der Waals surface area contributed by atoms with Gasteiger partial charge in [-0.25, -0.2) is 4.79 Å². The topological polar surface area (TPSA) is 108 Å². The second-order valence-electron chi connectivity index (χ2n) is 5.40. The summed E-state index contributed by atoms with van der Waals surface area (Å²) in [6.07, 6.45) is -0.136. The number of hydrogen-bond donors (Lipinski definition) is 4. The van der Waals surface area contributed by atoms with Crippen LogP contribution in [0.3, 0.4) is 0 Å². The zero-order valence-electron chi connectivity index (χ0n) is 11.9. The lowest BCUT2D eigenvalue weighted by molar-refractivity contribution is -0.138. The van der Waals surface area contributed by atoms with E-state index in [4.69, 9.17) is 5.11 Å². The van der Waals surface area contributed by atoms with Gasteiger partial charge in [0.15, 0.2) is 0 Å². The molecule has 0 spiro atoms. The molecule has 0 aliphatic heterocycles. The molecule has 0 aliphatic carbocycles. The van der Waals surface area contributed by atoms with Crippen molar-refractivity contribution in [2.45, 2.75) is 40.2 Å². The van der Waals surface area contributed by atoms with Gasteiger partial charge in [0.05, 0.1) is 6.42 Å². The maximum absolute atomic E-state index is 11.6. The van der Waals surface area contributed by atoms with Crippen molar-refractivity contribution in [1.29, 1.82) is 0 Å². The van der Waals surface area contributed by atoms with Crippen LogP contribution in [0.4, 0.5) is 4.79 Å². The Hall–Kier alpha value is -1.79. The highest BCUT2D eigenvalue weighted by Crippen LogP contribution is 2.21. The largest absolute Gasteiger partial charge is 0.481 e. The molecule has 0 rings (SSSR count). The molecule has 0 aliphatic rings. The fraction of sp³-hybridized carbons (Fsp3) is 0.750. The zero-order valence-corrected chi connectivity index (χ0v) is 11.9. The van der Waals surface area contributed by atoms with Crippen LogP contribution in [0.5, 0.6) is 0 Å². The Kier molecular flexibility index (Phi) is 6.89. The summed E-state index contributed by atoms with van der Waals surface area (Å²) in [6.45, 7) is 7.59. The van der Waals surface area contributed by atoms with E-state index >= 15 is 0 Å². The molecule has 0 aromatic heterocycles. The van der Waals surface area contributed by atoms with E-state index in [2.05, 4.69) is 16.0 Å². The van der Waals surface area contributed by atoms with E-state index in [0.717, 1.165) is 0 Å². The van der Waals surface area contributed by atoms with Gasteiger partial charge in [-0.1, -0.05) is 20.8 Å². The number of carbonyl (C=O) groups is 3. The normalized spacial score (nSPS) is 12.4. The number of carboxylic acids is 1. The van der Waals surface area contributed by atoms with E-state index in [1.165, 1.54) is 6.92 Å². The molecule has 19 heavy (non-hydrogen) atoms. The second kappa shape index (κ2) is 7.60. The number of rotatable bonds is 6. The molecular weight excluding hydrogens is 250 g/mol. The van der Waals surface area contributed by atoms with Gasteiger partial charge in [-0.3, -0.25) is 9.59 Å². The highest BCUT2D eigenvalue weighted by molar-refractivity contribution is 5.76. The van der Waals surface area contributed by atoms with E-state index in [9.17, 15) is 14.4 Å². The predicted molar refractivity (Wildman–Crippen MR) is 70.7 cm³/mol. The van der Waals surface area contributed by atoms with Crippen molar-refractivity contribution in [2.24, 2.45) is 5.41 Å². The van der Waals surface area contributed by atoms with Crippen molar-refractivity contribution in [3.8, 4) is 0 Å². The van der Waals surface area contributed by atoms with Crippen LogP contribution < -0.4 is 16.0 Å². The molecule has 0 fully saturated rings. The highest BCUT2D eigenvalue weighted by atomic mass is 16.4. The molecule has 1 atom stereocenters. The maximum atomic E-state index is 11.6. The third-order valence-corrected chi connectivity index (χ3v) is 2.51. The number of hydrogen-bond acceptors (Lipinski definition) is 3. The van der Waals surface area contributed by atoms with Gasteiger partial charge in [0, 0.05) is 26.1 Å². The Balaban J connectivity index is 4.17. The van der Waals surface area contributed by atoms with Gasteiger partial charge in [0.1, 0.15) is 0 Å². The van der Waals surface area contributed by atoms with E-state index < -0.39 is 18.0 Å². The molecule has 0 aromatic rings. The fourth-order valence-electron chi connectivity index (χ4n) is 1.37. The molecule has 0 aromatic carbocycles. The Morgan fingerprint density at radius 2 is 1.63 bits per heavy atom. The van der Waals surface area contributed by atoms with Crippen LogP contribution in [0.2, 0.25) is 0 Å². The molecule has 7 heteroatoms. The van der Waals surface area contributed by atoms with Gasteiger partial charge in [-0.15, -0.1) is 0 Å². The summed E-state index contributed by atoms with van der Waals surface area (Å²) in [5.41, 5.74) is -0.354. The highest BCUT2D eigenvalue weighted by Gasteiger charge is 2.28. The van der Waals surface area contributed by atoms with Crippen LogP contribution in [0.25, 0.3) is 0 Å². The van der Waals surface area contributed by atoms with Gasteiger partial charge in [-0.05, 0) is 5.41 Å². The van der Waals surface area contributed by atoms with Gasteiger partial charge < -0.3 is 21.1 Å². The van der Waals surface area contributed by atoms with Crippen molar-refractivity contribution in [3.63, 3.8) is 0 Å². The Morgan fingerprint density at radius 3 is 2.05 bits per heavy atom. The summed E-state index contributed by atoms with van der Waals surface area (Å²) in [4.78, 5) is 33.0. The standard InChI is InChI=1S/C12H23N3O4/c1-8(16)13-5-6-14-11(19)15-9(7-10(17)18)12(2,3)4/h9H,5-7H2,1-4H3,(H,13,16)(H,17,18)(H2,14,15,19). The third-order valence-electron chi connectivity index (χ3n) is 2.51. The Morgan fingerprint density at radius 1 is 1.11 bits per heavy atom. The summed E-state index contributed by atoms with van der Waals surface area (Å²) in [5.74, 6) is -1.13. The molecule has 0 radical (unpaired) electrons. The first-order chi connectivity index (χ1) is 8.62. The first-order valence-electron chi connectivity index (χ1n) is 6.13. The third kappa shape index (κ3) is 8.87. The fourth-order valence-corrected chi connectivity index (χ4v) is 1.37. The Labute approximate surface area is 113 Å². The van der Waals surface area contributed by atoms with E-state index in [-0.39, 0.29) is 24.3 Å². The SMILES string of the molecule is CC(=O)NCCNC(=O)NC(CC(=O)O)C(C)(C)C. The lowest BCUT2D eigenvalue weighted by Crippen LogP contribution is -2.50. The summed E-state index contributed by atoms with van der Waals surface area (Å²) < 4.78 is 0. The van der Waals surface area contributed by atoms with Gasteiger partial charge >= 0.3 is 12.0 Å². The predicted octanol–water partition coefficient (Wildman–Crippen LogP) is 0.311. The van der Waals surface area contributed by atoms with Crippen LogP contribution in [0.1, 0.15) is 34.1 Å². The van der Waals surface area contributed by atoms with Crippen molar-refractivity contribution in [1.82, 2.24) is 16.0 Å². The number of nitrogens with one attached hydrogen (secondary N) is 3. The Bertz CT molecular complexity index is 336. The number of aliphatic carboxylic acids is 1. The quantitative estimate of drug-likeness (QED) is 0.522. The minimum Gasteiger partial charge on any atom is -0.481 e. The molecule has 4 N–H and O–H groups in total. The molecule has 0 saturated carbocycles. The van der Waals surface area contributed by atoms with Crippen molar-refractivity contribution >= 4 is 17.9 Å². The lowest BCUT2D eigenvalue weighted by atomic mass is 9.85. The first kappa shape index (κ1) is 17.2. The number of urea groups is 1. The minimum absolute atomic E-state index is 0.136. The van der Waals surface area contributed by atoms with Gasteiger partial charge in [0.2, 0.25) is 5.91 Å². The molecule has 3 amide bonds. The number of carboxylic acid groups (broad SMARTS) is 1. The minimum atomic E-state index is -0.960. The zero-order chi connectivity index (χ0) is 15.1. The maximum Gasteiger partial charge on any atom is 0.315 e. The number of carbonyl (C=O) groups excluding carboxylic acids is 2. The molecule has 1 unspecified atom stereocenters. The molecule has 0 saturated heterocycles. The van der Waals surface area contributed by atoms with Crippen LogP contribution in [-0.2, 0) is 9.59 Å². The summed E-state index contributed by atoms with van der Waals surface area (Å²) in [5, 5.41) is 16.5. The number of amides is 3.